The van der Waals surface area contributed by atoms with Crippen LogP contribution >= 0.6 is 0 Å². The first-order valence-corrected chi connectivity index (χ1v) is 9.60. The van der Waals surface area contributed by atoms with Crippen molar-refractivity contribution >= 4 is 22.5 Å². The largest absolute Gasteiger partial charge is 0.417 e. The number of aromatic nitrogens is 1. The predicted molar refractivity (Wildman–Crippen MR) is 107 cm³/mol. The smallest absolute Gasteiger partial charge is 0.361 e. The molecule has 0 saturated carbocycles. The van der Waals surface area contributed by atoms with E-state index in [0.29, 0.717) is 11.6 Å². The van der Waals surface area contributed by atoms with Crippen molar-refractivity contribution in [3.63, 3.8) is 0 Å². The minimum absolute atomic E-state index is 0.385. The van der Waals surface area contributed by atoms with Crippen LogP contribution in [-0.4, -0.2) is 35.9 Å². The molecule has 0 bridgehead atoms. The summed E-state index contributed by atoms with van der Waals surface area (Å²) >= 11 is 0. The fourth-order valence-corrected chi connectivity index (χ4v) is 4.00. The molecule has 3 aromatic rings. The number of rotatable bonds is 3. The second kappa shape index (κ2) is 7.55. The number of nitrogens with zero attached hydrogens (tertiary/aromatic N) is 1. The van der Waals surface area contributed by atoms with Crippen molar-refractivity contribution in [1.82, 2.24) is 9.88 Å². The Morgan fingerprint density at radius 1 is 1.14 bits per heavy atom. The number of carbonyl (C=O) groups excluding carboxylic acids is 1. The number of fused-ring (bicyclic) bond motifs is 1. The van der Waals surface area contributed by atoms with Crippen LogP contribution in [0.15, 0.2) is 48.7 Å². The van der Waals surface area contributed by atoms with Gasteiger partial charge in [0.05, 0.1) is 11.1 Å². The number of nitrogens with one attached hydrogen (secondary N) is 2. The number of amides is 1. The Hall–Kier alpha value is -2.80. The minimum Gasteiger partial charge on any atom is -0.361 e. The molecule has 0 spiro atoms. The van der Waals surface area contributed by atoms with E-state index in [0.717, 1.165) is 42.9 Å². The molecule has 1 aromatic heterocycles. The van der Waals surface area contributed by atoms with Crippen LogP contribution < -0.4 is 5.32 Å². The van der Waals surface area contributed by atoms with E-state index in [9.17, 15) is 18.0 Å². The van der Waals surface area contributed by atoms with Crippen molar-refractivity contribution < 1.29 is 18.0 Å². The van der Waals surface area contributed by atoms with E-state index in [1.807, 2.05) is 18.3 Å². The molecular formula is C22H22F3N3O. The number of hydrogen-bond acceptors (Lipinski definition) is 2. The van der Waals surface area contributed by atoms with E-state index in [1.54, 1.807) is 6.07 Å². The Labute approximate surface area is 166 Å². The average molecular weight is 401 g/mol. The van der Waals surface area contributed by atoms with Gasteiger partial charge in [0.25, 0.3) is 5.91 Å². The number of likely N-dealkylation sites (tertiary alicyclic amines) is 1. The van der Waals surface area contributed by atoms with Gasteiger partial charge in [0.15, 0.2) is 0 Å². The van der Waals surface area contributed by atoms with Crippen LogP contribution in [0.4, 0.5) is 18.9 Å². The van der Waals surface area contributed by atoms with Gasteiger partial charge >= 0.3 is 6.18 Å². The summed E-state index contributed by atoms with van der Waals surface area (Å²) < 4.78 is 39.6. The fourth-order valence-electron chi connectivity index (χ4n) is 4.00. The molecular weight excluding hydrogens is 379 g/mol. The van der Waals surface area contributed by atoms with Gasteiger partial charge < -0.3 is 15.2 Å². The highest BCUT2D eigenvalue weighted by Crippen LogP contribution is 2.35. The third-order valence-corrected chi connectivity index (χ3v) is 5.61. The number of benzene rings is 2. The summed E-state index contributed by atoms with van der Waals surface area (Å²) in [4.78, 5) is 18.1. The third kappa shape index (κ3) is 4.00. The zero-order valence-corrected chi connectivity index (χ0v) is 16.0. The number of anilines is 1. The van der Waals surface area contributed by atoms with Crippen LogP contribution in [0, 0.1) is 0 Å². The lowest BCUT2D eigenvalue weighted by Crippen LogP contribution is -2.29. The Kier molecular flexibility index (Phi) is 5.08. The first-order valence-electron chi connectivity index (χ1n) is 9.60. The van der Waals surface area contributed by atoms with Crippen LogP contribution in [-0.2, 0) is 6.18 Å². The average Bonchev–Trinajstić information content (AvgIpc) is 3.11. The summed E-state index contributed by atoms with van der Waals surface area (Å²) in [6.45, 7) is 2.06. The second-order valence-electron chi connectivity index (χ2n) is 7.58. The molecule has 4 rings (SSSR count). The van der Waals surface area contributed by atoms with E-state index in [-0.39, 0.29) is 5.56 Å². The van der Waals surface area contributed by atoms with Crippen molar-refractivity contribution in [2.45, 2.75) is 24.9 Å². The molecule has 2 heterocycles. The van der Waals surface area contributed by atoms with Gasteiger partial charge in [-0.25, -0.2) is 0 Å². The number of H-pyrrole nitrogens is 1. The molecule has 4 nitrogen and oxygen atoms in total. The summed E-state index contributed by atoms with van der Waals surface area (Å²) in [5, 5.41) is 3.63. The molecule has 29 heavy (non-hydrogen) atoms. The van der Waals surface area contributed by atoms with Crippen LogP contribution in [0.5, 0.6) is 0 Å². The minimum atomic E-state index is -4.58. The highest BCUT2D eigenvalue weighted by atomic mass is 19.4. The van der Waals surface area contributed by atoms with Gasteiger partial charge in [-0.05, 0) is 74.8 Å². The molecule has 1 aliphatic rings. The van der Waals surface area contributed by atoms with Crippen molar-refractivity contribution in [2.75, 3.05) is 25.5 Å². The van der Waals surface area contributed by atoms with Crippen molar-refractivity contribution in [3.8, 4) is 0 Å². The van der Waals surface area contributed by atoms with Crippen LogP contribution in [0.1, 0.15) is 40.2 Å². The number of halogens is 3. The lowest BCUT2D eigenvalue weighted by molar-refractivity contribution is -0.137. The molecule has 2 aromatic carbocycles. The maximum absolute atomic E-state index is 13.2. The number of alkyl halides is 3. The van der Waals surface area contributed by atoms with E-state index in [4.69, 9.17) is 0 Å². The molecule has 0 atom stereocenters. The maximum Gasteiger partial charge on any atom is 0.417 e. The quantitative estimate of drug-likeness (QED) is 0.630. The van der Waals surface area contributed by atoms with Crippen LogP contribution in [0.25, 0.3) is 10.9 Å². The summed E-state index contributed by atoms with van der Waals surface area (Å²) in [6, 6.07) is 10.2. The highest BCUT2D eigenvalue weighted by molar-refractivity contribution is 6.06. The molecule has 0 unspecified atom stereocenters. The number of aromatic amines is 1. The summed E-state index contributed by atoms with van der Waals surface area (Å²) in [6.07, 6.45) is -0.469. The predicted octanol–water partition coefficient (Wildman–Crippen LogP) is 5.25. The number of carbonyl (C=O) groups is 1. The van der Waals surface area contributed by atoms with Gasteiger partial charge in [-0.3, -0.25) is 4.79 Å². The highest BCUT2D eigenvalue weighted by Gasteiger charge is 2.34. The Bertz CT molecular complexity index is 1030. The topological polar surface area (TPSA) is 48.1 Å². The van der Waals surface area contributed by atoms with E-state index >= 15 is 0 Å². The SMILES string of the molecule is CN1CCC(c2c[nH]c3ccc(NC(=O)c4ccccc4C(F)(F)F)cc23)CC1. The van der Waals surface area contributed by atoms with Gasteiger partial charge in [0.2, 0.25) is 0 Å². The summed E-state index contributed by atoms with van der Waals surface area (Å²) in [5.74, 6) is -0.342. The van der Waals surface area contributed by atoms with E-state index in [2.05, 4.69) is 22.2 Å². The first kappa shape index (κ1) is 19.5. The number of hydrogen-bond donors (Lipinski definition) is 2. The molecule has 7 heteroatoms. The van der Waals surface area contributed by atoms with Crippen molar-refractivity contribution in [2.24, 2.45) is 0 Å². The summed E-state index contributed by atoms with van der Waals surface area (Å²) in [5.41, 5.74) is 1.30. The Morgan fingerprint density at radius 2 is 1.86 bits per heavy atom. The van der Waals surface area contributed by atoms with Crippen LogP contribution in [0.2, 0.25) is 0 Å². The van der Waals surface area contributed by atoms with Gasteiger partial charge in [-0.2, -0.15) is 13.2 Å². The first-order chi connectivity index (χ1) is 13.8. The van der Waals surface area contributed by atoms with Gasteiger partial charge in [-0.1, -0.05) is 12.1 Å². The standard InChI is InChI=1S/C22H22F3N3O/c1-28-10-8-14(9-11-28)18-13-26-20-7-6-15(12-17(18)20)27-21(29)16-4-2-3-5-19(16)22(23,24)25/h2-7,12-14,26H,8-11H2,1H3,(H,27,29). The molecule has 1 fully saturated rings. The molecule has 1 aliphatic heterocycles. The monoisotopic (exact) mass is 401 g/mol. The van der Waals surface area contributed by atoms with E-state index in [1.165, 1.54) is 23.8 Å². The van der Waals surface area contributed by atoms with Gasteiger partial charge in [-0.15, -0.1) is 0 Å². The Morgan fingerprint density at radius 3 is 2.59 bits per heavy atom. The van der Waals surface area contributed by atoms with Crippen molar-refractivity contribution in [3.05, 3.63) is 65.4 Å². The second-order valence-corrected chi connectivity index (χ2v) is 7.58. The molecule has 1 amide bonds. The fraction of sp³-hybridized carbons (Fsp3) is 0.318. The van der Waals surface area contributed by atoms with E-state index < -0.39 is 17.6 Å². The lowest BCUT2D eigenvalue weighted by Gasteiger charge is -2.28. The molecule has 2 N–H and O–H groups in total. The zero-order valence-electron chi connectivity index (χ0n) is 16.0. The molecule has 0 radical (unpaired) electrons. The number of piperidine rings is 1. The maximum atomic E-state index is 13.2. The normalized spacial score (nSPS) is 16.3. The molecule has 152 valence electrons. The molecule has 1 saturated heterocycles. The zero-order chi connectivity index (χ0) is 20.6. The Balaban J connectivity index is 1.61. The van der Waals surface area contributed by atoms with Gasteiger partial charge in [0.1, 0.15) is 0 Å². The summed E-state index contributed by atoms with van der Waals surface area (Å²) in [7, 11) is 2.11. The lowest BCUT2D eigenvalue weighted by atomic mass is 9.89. The van der Waals surface area contributed by atoms with Crippen molar-refractivity contribution in [1.29, 1.82) is 0 Å². The third-order valence-electron chi connectivity index (χ3n) is 5.61. The van der Waals surface area contributed by atoms with Crippen LogP contribution in [0.3, 0.4) is 0 Å². The molecule has 0 aliphatic carbocycles. The van der Waals surface area contributed by atoms with Gasteiger partial charge in [0, 0.05) is 22.8 Å².